The maximum Gasteiger partial charge on any atom is 0.304 e. The van der Waals surface area contributed by atoms with Gasteiger partial charge in [0.25, 0.3) is 0 Å². The van der Waals surface area contributed by atoms with Gasteiger partial charge in [0.2, 0.25) is 0 Å². The van der Waals surface area contributed by atoms with E-state index < -0.39 is 5.97 Å². The highest BCUT2D eigenvalue weighted by Crippen LogP contribution is 2.06. The van der Waals surface area contributed by atoms with E-state index in [9.17, 15) is 4.79 Å². The fourth-order valence-corrected chi connectivity index (χ4v) is 0.856. The second-order valence-electron chi connectivity index (χ2n) is 2.06. The van der Waals surface area contributed by atoms with Crippen LogP contribution in [0.1, 0.15) is 19.8 Å². The van der Waals surface area contributed by atoms with Crippen LogP contribution in [0.4, 0.5) is 0 Å². The Morgan fingerprint density at radius 1 is 1.80 bits per heavy atom. The molecule has 10 heavy (non-hydrogen) atoms. The highest BCUT2D eigenvalue weighted by atomic mass is 32.1. The normalized spacial score (nSPS) is 13.8. The Hall–Kier alpha value is -0.440. The van der Waals surface area contributed by atoms with Gasteiger partial charge in [-0.1, -0.05) is 12.2 Å². The van der Waals surface area contributed by atoms with Crippen LogP contribution < -0.4 is 0 Å². The van der Waals surface area contributed by atoms with Gasteiger partial charge in [0, 0.05) is 5.25 Å². The van der Waals surface area contributed by atoms with E-state index in [1.807, 2.05) is 19.1 Å². The van der Waals surface area contributed by atoms with Gasteiger partial charge in [-0.25, -0.2) is 0 Å². The first-order valence-corrected chi connectivity index (χ1v) is 3.69. The van der Waals surface area contributed by atoms with Crippen LogP contribution in [-0.2, 0) is 4.79 Å². The Morgan fingerprint density at radius 2 is 2.40 bits per heavy atom. The molecule has 0 rings (SSSR count). The van der Waals surface area contributed by atoms with Gasteiger partial charge in [0.05, 0.1) is 6.42 Å². The molecule has 0 radical (unpaired) electrons. The predicted octanol–water partition coefficient (Wildman–Crippen LogP) is 1.73. The molecule has 3 heteroatoms. The third-order valence-electron chi connectivity index (χ3n) is 1.05. The molecule has 0 spiro atoms. The summed E-state index contributed by atoms with van der Waals surface area (Å²) in [6, 6.07) is 0. The van der Waals surface area contributed by atoms with Crippen LogP contribution in [0, 0.1) is 0 Å². The zero-order valence-corrected chi connectivity index (χ0v) is 6.84. The van der Waals surface area contributed by atoms with Gasteiger partial charge < -0.3 is 5.11 Å². The molecule has 0 bridgehead atoms. The fraction of sp³-hybridized carbons (Fsp3) is 0.571. The summed E-state index contributed by atoms with van der Waals surface area (Å²) in [5.41, 5.74) is 0. The number of hydrogen-bond acceptors (Lipinski definition) is 2. The van der Waals surface area contributed by atoms with E-state index in [-0.39, 0.29) is 11.7 Å². The number of allylic oxidation sites excluding steroid dienone is 2. The summed E-state index contributed by atoms with van der Waals surface area (Å²) in [6.45, 7) is 1.90. The van der Waals surface area contributed by atoms with E-state index in [1.165, 1.54) is 0 Å². The molecular weight excluding hydrogens is 148 g/mol. The van der Waals surface area contributed by atoms with Gasteiger partial charge in [0.15, 0.2) is 0 Å². The van der Waals surface area contributed by atoms with Crippen molar-refractivity contribution in [3.05, 3.63) is 12.2 Å². The maximum absolute atomic E-state index is 10.1. The summed E-state index contributed by atoms with van der Waals surface area (Å²) in [4.78, 5) is 10.1. The average molecular weight is 160 g/mol. The van der Waals surface area contributed by atoms with Gasteiger partial charge in [-0.15, -0.1) is 0 Å². The SMILES string of the molecule is C/C=C/CC(S)CC(=O)O. The number of carboxylic acids is 1. The molecule has 0 saturated heterocycles. The first kappa shape index (κ1) is 9.56. The molecule has 1 atom stereocenters. The van der Waals surface area contributed by atoms with Crippen molar-refractivity contribution in [2.75, 3.05) is 0 Å². The summed E-state index contributed by atoms with van der Waals surface area (Å²) in [7, 11) is 0. The number of carbonyl (C=O) groups is 1. The van der Waals surface area contributed by atoms with E-state index >= 15 is 0 Å². The molecule has 0 aromatic carbocycles. The van der Waals surface area contributed by atoms with Crippen molar-refractivity contribution in [1.29, 1.82) is 0 Å². The molecule has 0 aromatic rings. The zero-order valence-electron chi connectivity index (χ0n) is 5.95. The van der Waals surface area contributed by atoms with Crippen LogP contribution in [0.3, 0.4) is 0 Å². The molecule has 0 aliphatic carbocycles. The first-order chi connectivity index (χ1) is 4.66. The molecule has 0 aliphatic rings. The van der Waals surface area contributed by atoms with Gasteiger partial charge in [0.1, 0.15) is 0 Å². The Bertz CT molecular complexity index is 132. The van der Waals surface area contributed by atoms with E-state index in [1.54, 1.807) is 0 Å². The highest BCUT2D eigenvalue weighted by Gasteiger charge is 2.05. The van der Waals surface area contributed by atoms with Crippen LogP contribution in [0.15, 0.2) is 12.2 Å². The standard InChI is InChI=1S/C7H12O2S/c1-2-3-4-6(10)5-7(8)9/h2-3,6,10H,4-5H2,1H3,(H,8,9)/b3-2+. The second kappa shape index (κ2) is 5.35. The number of thiol groups is 1. The molecule has 0 aromatic heterocycles. The molecular formula is C7H12O2S. The lowest BCUT2D eigenvalue weighted by molar-refractivity contribution is -0.136. The summed E-state index contributed by atoms with van der Waals surface area (Å²) in [5.74, 6) is -0.787. The second-order valence-corrected chi connectivity index (χ2v) is 2.79. The lowest BCUT2D eigenvalue weighted by Crippen LogP contribution is -2.05. The van der Waals surface area contributed by atoms with E-state index in [2.05, 4.69) is 12.6 Å². The molecule has 0 heterocycles. The van der Waals surface area contributed by atoms with Gasteiger partial charge in [-0.2, -0.15) is 12.6 Å². The number of aliphatic carboxylic acids is 1. The van der Waals surface area contributed by atoms with Gasteiger partial charge >= 0.3 is 5.97 Å². The van der Waals surface area contributed by atoms with Crippen LogP contribution in [0.25, 0.3) is 0 Å². The summed E-state index contributed by atoms with van der Waals surface area (Å²) in [6.07, 6.45) is 4.67. The molecule has 1 N–H and O–H groups in total. The minimum absolute atomic E-state index is 0.0475. The number of hydrogen-bond donors (Lipinski definition) is 2. The molecule has 0 fully saturated rings. The molecule has 58 valence electrons. The lowest BCUT2D eigenvalue weighted by atomic mass is 10.2. The van der Waals surface area contributed by atoms with Crippen LogP contribution in [-0.4, -0.2) is 16.3 Å². The van der Waals surface area contributed by atoms with Gasteiger partial charge in [-0.3, -0.25) is 4.79 Å². The van der Waals surface area contributed by atoms with E-state index in [0.29, 0.717) is 0 Å². The van der Waals surface area contributed by atoms with Crippen LogP contribution >= 0.6 is 12.6 Å². The minimum Gasteiger partial charge on any atom is -0.481 e. The van der Waals surface area contributed by atoms with Crippen molar-refractivity contribution in [3.63, 3.8) is 0 Å². The Kier molecular flexibility index (Phi) is 5.12. The van der Waals surface area contributed by atoms with Crippen molar-refractivity contribution < 1.29 is 9.90 Å². The Balaban J connectivity index is 3.43. The maximum atomic E-state index is 10.1. The van der Waals surface area contributed by atoms with Crippen molar-refractivity contribution in [3.8, 4) is 0 Å². The topological polar surface area (TPSA) is 37.3 Å². The Labute approximate surface area is 66.4 Å². The minimum atomic E-state index is -0.787. The third-order valence-corrected chi connectivity index (χ3v) is 1.45. The average Bonchev–Trinajstić information content (AvgIpc) is 1.82. The zero-order chi connectivity index (χ0) is 7.98. The molecule has 0 aliphatic heterocycles. The predicted molar refractivity (Wildman–Crippen MR) is 44.5 cm³/mol. The number of rotatable bonds is 4. The molecule has 0 saturated carbocycles. The van der Waals surface area contributed by atoms with E-state index in [0.717, 1.165) is 6.42 Å². The van der Waals surface area contributed by atoms with E-state index in [4.69, 9.17) is 5.11 Å². The summed E-state index contributed by atoms with van der Waals surface area (Å²) >= 11 is 4.07. The smallest absolute Gasteiger partial charge is 0.304 e. The van der Waals surface area contributed by atoms with Crippen LogP contribution in [0.5, 0.6) is 0 Å². The van der Waals surface area contributed by atoms with Crippen molar-refractivity contribution in [2.45, 2.75) is 25.0 Å². The van der Waals surface area contributed by atoms with Gasteiger partial charge in [-0.05, 0) is 13.3 Å². The number of carboxylic acid groups (broad SMARTS) is 1. The Morgan fingerprint density at radius 3 is 2.80 bits per heavy atom. The largest absolute Gasteiger partial charge is 0.481 e. The lowest BCUT2D eigenvalue weighted by Gasteiger charge is -2.01. The highest BCUT2D eigenvalue weighted by molar-refractivity contribution is 7.81. The fourth-order valence-electron chi connectivity index (χ4n) is 0.578. The summed E-state index contributed by atoms with van der Waals surface area (Å²) < 4.78 is 0. The quantitative estimate of drug-likeness (QED) is 0.485. The van der Waals surface area contributed by atoms with Crippen molar-refractivity contribution >= 4 is 18.6 Å². The van der Waals surface area contributed by atoms with Crippen molar-refractivity contribution in [1.82, 2.24) is 0 Å². The molecule has 0 amide bonds. The third kappa shape index (κ3) is 5.69. The first-order valence-electron chi connectivity index (χ1n) is 3.17. The van der Waals surface area contributed by atoms with Crippen LogP contribution in [0.2, 0.25) is 0 Å². The monoisotopic (exact) mass is 160 g/mol. The van der Waals surface area contributed by atoms with Crippen molar-refractivity contribution in [2.24, 2.45) is 0 Å². The molecule has 2 nitrogen and oxygen atoms in total. The molecule has 1 unspecified atom stereocenters. The summed E-state index contributed by atoms with van der Waals surface area (Å²) in [5, 5.41) is 8.26.